The molecule has 2 heterocycles. The molecule has 0 aliphatic carbocycles. The summed E-state index contributed by atoms with van der Waals surface area (Å²) in [5.74, 6) is 0.314. The molecule has 0 radical (unpaired) electrons. The number of likely N-dealkylation sites (tertiary alicyclic amines) is 1. The highest BCUT2D eigenvalue weighted by atomic mass is 16.1. The first kappa shape index (κ1) is 17.9. The maximum absolute atomic E-state index is 12.7. The number of benzene rings is 1. The molecule has 0 saturated carbocycles. The van der Waals surface area contributed by atoms with Gasteiger partial charge in [-0.1, -0.05) is 38.5 Å². The third-order valence-corrected chi connectivity index (χ3v) is 4.96. The van der Waals surface area contributed by atoms with Crippen LogP contribution in [-0.2, 0) is 0 Å². The van der Waals surface area contributed by atoms with Gasteiger partial charge in [-0.25, -0.2) is 0 Å². The van der Waals surface area contributed by atoms with E-state index in [-0.39, 0.29) is 5.91 Å². The monoisotopic (exact) mass is 339 g/mol. The lowest BCUT2D eigenvalue weighted by atomic mass is 10.0. The molecule has 1 aliphatic rings. The number of piperidine rings is 1. The van der Waals surface area contributed by atoms with Crippen molar-refractivity contribution in [1.29, 1.82) is 0 Å². The van der Waals surface area contributed by atoms with Gasteiger partial charge in [0.05, 0.1) is 11.1 Å². The molecule has 25 heavy (non-hydrogen) atoms. The molecule has 1 saturated heterocycles. The topological polar surface area (TPSA) is 45.2 Å². The van der Waals surface area contributed by atoms with Gasteiger partial charge in [0.2, 0.25) is 0 Å². The van der Waals surface area contributed by atoms with Crippen molar-refractivity contribution < 1.29 is 4.79 Å². The summed E-state index contributed by atoms with van der Waals surface area (Å²) in [5, 5.41) is 4.03. The largest absolute Gasteiger partial charge is 0.352 e. The van der Waals surface area contributed by atoms with Crippen molar-refractivity contribution in [1.82, 2.24) is 15.2 Å². The Morgan fingerprint density at radius 3 is 2.72 bits per heavy atom. The van der Waals surface area contributed by atoms with Gasteiger partial charge in [0, 0.05) is 17.6 Å². The van der Waals surface area contributed by atoms with Crippen molar-refractivity contribution in [2.45, 2.75) is 45.4 Å². The Kier molecular flexibility index (Phi) is 6.03. The molecule has 1 aromatic heterocycles. The maximum Gasteiger partial charge on any atom is 0.252 e. The summed E-state index contributed by atoms with van der Waals surface area (Å²) in [7, 11) is 0. The number of hydrogen-bond donors (Lipinski definition) is 1. The van der Waals surface area contributed by atoms with Crippen molar-refractivity contribution in [2.24, 2.45) is 0 Å². The van der Waals surface area contributed by atoms with Gasteiger partial charge >= 0.3 is 0 Å². The minimum Gasteiger partial charge on any atom is -0.352 e. The number of rotatable bonds is 6. The summed E-state index contributed by atoms with van der Waals surface area (Å²) in [6.45, 7) is 8.44. The second-order valence-corrected chi connectivity index (χ2v) is 7.28. The lowest BCUT2D eigenvalue weighted by Crippen LogP contribution is -2.33. The number of pyridine rings is 1. The molecule has 4 nitrogen and oxygen atoms in total. The van der Waals surface area contributed by atoms with Gasteiger partial charge in [0.15, 0.2) is 0 Å². The Morgan fingerprint density at radius 2 is 1.96 bits per heavy atom. The fraction of sp³-hybridized carbons (Fsp3) is 0.524. The third-order valence-electron chi connectivity index (χ3n) is 4.96. The molecule has 1 aromatic carbocycles. The number of hydrogen-bond acceptors (Lipinski definition) is 3. The zero-order valence-electron chi connectivity index (χ0n) is 15.4. The summed E-state index contributed by atoms with van der Waals surface area (Å²) in [6, 6.07) is 9.85. The highest BCUT2D eigenvalue weighted by Crippen LogP contribution is 2.22. The number of para-hydroxylation sites is 1. The molecule has 2 aromatic rings. The van der Waals surface area contributed by atoms with E-state index in [1.165, 1.54) is 32.4 Å². The fourth-order valence-corrected chi connectivity index (χ4v) is 3.46. The standard InChI is InChI=1S/C21H29N3O/c1-16(2)20-15-18(17-9-4-5-10-19(17)23-20)21(25)22-11-8-14-24-12-6-3-7-13-24/h4-5,9-10,15-16H,3,6-8,11-14H2,1-2H3,(H,22,25). The zero-order valence-corrected chi connectivity index (χ0v) is 15.4. The summed E-state index contributed by atoms with van der Waals surface area (Å²) >= 11 is 0. The van der Waals surface area contributed by atoms with Crippen LogP contribution in [0.15, 0.2) is 30.3 Å². The van der Waals surface area contributed by atoms with Gasteiger partial charge in [0.25, 0.3) is 5.91 Å². The van der Waals surface area contributed by atoms with Crippen LogP contribution in [0.2, 0.25) is 0 Å². The fourth-order valence-electron chi connectivity index (χ4n) is 3.46. The summed E-state index contributed by atoms with van der Waals surface area (Å²) < 4.78 is 0. The van der Waals surface area contributed by atoms with Crippen LogP contribution in [0.25, 0.3) is 10.9 Å². The highest BCUT2D eigenvalue weighted by molar-refractivity contribution is 6.06. The minimum atomic E-state index is 0.0131. The number of aromatic nitrogens is 1. The van der Waals surface area contributed by atoms with E-state index >= 15 is 0 Å². The number of nitrogens with one attached hydrogen (secondary N) is 1. The summed E-state index contributed by atoms with van der Waals surface area (Å²) in [6.07, 6.45) is 4.99. The Balaban J connectivity index is 1.64. The average Bonchev–Trinajstić information content (AvgIpc) is 2.65. The lowest BCUT2D eigenvalue weighted by Gasteiger charge is -2.26. The molecule has 134 valence electrons. The SMILES string of the molecule is CC(C)c1cc(C(=O)NCCCN2CCCCC2)c2ccccc2n1. The predicted octanol–water partition coefficient (Wildman–Crippen LogP) is 3.96. The van der Waals surface area contributed by atoms with Gasteiger partial charge in [-0.3, -0.25) is 9.78 Å². The molecule has 1 aliphatic heterocycles. The van der Waals surface area contributed by atoms with E-state index in [1.807, 2.05) is 30.3 Å². The molecule has 3 rings (SSSR count). The van der Waals surface area contributed by atoms with Gasteiger partial charge in [0.1, 0.15) is 0 Å². The van der Waals surface area contributed by atoms with E-state index in [0.29, 0.717) is 5.92 Å². The highest BCUT2D eigenvalue weighted by Gasteiger charge is 2.14. The van der Waals surface area contributed by atoms with Crippen molar-refractivity contribution >= 4 is 16.8 Å². The minimum absolute atomic E-state index is 0.0131. The lowest BCUT2D eigenvalue weighted by molar-refractivity contribution is 0.0952. The zero-order chi connectivity index (χ0) is 17.6. The number of carbonyl (C=O) groups excluding carboxylic acids is 1. The van der Waals surface area contributed by atoms with E-state index in [2.05, 4.69) is 29.0 Å². The van der Waals surface area contributed by atoms with Crippen LogP contribution in [0.1, 0.15) is 61.5 Å². The smallest absolute Gasteiger partial charge is 0.252 e. The molecule has 0 spiro atoms. The first-order chi connectivity index (χ1) is 12.1. The number of carbonyl (C=O) groups is 1. The van der Waals surface area contributed by atoms with E-state index in [9.17, 15) is 4.79 Å². The quantitative estimate of drug-likeness (QED) is 0.810. The van der Waals surface area contributed by atoms with Crippen molar-refractivity contribution in [3.8, 4) is 0 Å². The number of nitrogens with zero attached hydrogens (tertiary/aromatic N) is 2. The molecule has 1 fully saturated rings. The third kappa shape index (κ3) is 4.57. The Bertz CT molecular complexity index is 720. The van der Waals surface area contributed by atoms with Crippen LogP contribution >= 0.6 is 0 Å². The van der Waals surface area contributed by atoms with Gasteiger partial charge < -0.3 is 10.2 Å². The van der Waals surface area contributed by atoms with Crippen LogP contribution < -0.4 is 5.32 Å². The first-order valence-electron chi connectivity index (χ1n) is 9.55. The van der Waals surface area contributed by atoms with E-state index in [0.717, 1.165) is 41.7 Å². The molecule has 0 unspecified atom stereocenters. The van der Waals surface area contributed by atoms with Gasteiger partial charge in [-0.2, -0.15) is 0 Å². The number of amides is 1. The molecule has 4 heteroatoms. The molecule has 1 amide bonds. The Hall–Kier alpha value is -1.94. The summed E-state index contributed by atoms with van der Waals surface area (Å²) in [5.41, 5.74) is 2.61. The van der Waals surface area contributed by atoms with Gasteiger partial charge in [-0.15, -0.1) is 0 Å². The first-order valence-corrected chi connectivity index (χ1v) is 9.55. The Morgan fingerprint density at radius 1 is 1.20 bits per heavy atom. The van der Waals surface area contributed by atoms with Crippen LogP contribution in [0, 0.1) is 0 Å². The van der Waals surface area contributed by atoms with E-state index in [4.69, 9.17) is 0 Å². The maximum atomic E-state index is 12.7. The number of fused-ring (bicyclic) bond motifs is 1. The molecular formula is C21H29N3O. The normalized spacial score (nSPS) is 15.6. The predicted molar refractivity (Wildman–Crippen MR) is 103 cm³/mol. The van der Waals surface area contributed by atoms with Crippen LogP contribution in [0.4, 0.5) is 0 Å². The second kappa shape index (κ2) is 8.43. The van der Waals surface area contributed by atoms with Crippen LogP contribution in [0.5, 0.6) is 0 Å². The van der Waals surface area contributed by atoms with Crippen molar-refractivity contribution in [3.63, 3.8) is 0 Å². The Labute approximate surface area is 150 Å². The molecule has 1 N–H and O–H groups in total. The van der Waals surface area contributed by atoms with E-state index < -0.39 is 0 Å². The average molecular weight is 339 g/mol. The summed E-state index contributed by atoms with van der Waals surface area (Å²) in [4.78, 5) is 19.9. The molecular weight excluding hydrogens is 310 g/mol. The van der Waals surface area contributed by atoms with Crippen molar-refractivity contribution in [2.75, 3.05) is 26.2 Å². The van der Waals surface area contributed by atoms with Gasteiger partial charge in [-0.05, 0) is 56.9 Å². The van der Waals surface area contributed by atoms with Crippen LogP contribution in [0.3, 0.4) is 0 Å². The van der Waals surface area contributed by atoms with Crippen LogP contribution in [-0.4, -0.2) is 42.0 Å². The van der Waals surface area contributed by atoms with E-state index in [1.54, 1.807) is 0 Å². The second-order valence-electron chi connectivity index (χ2n) is 7.28. The molecule has 0 atom stereocenters. The van der Waals surface area contributed by atoms with Crippen molar-refractivity contribution in [3.05, 3.63) is 41.6 Å². The molecule has 0 bridgehead atoms.